The lowest BCUT2D eigenvalue weighted by molar-refractivity contribution is -0.135. The van der Waals surface area contributed by atoms with E-state index in [9.17, 15) is 15.0 Å². The molecule has 4 rings (SSSR count). The van der Waals surface area contributed by atoms with Gasteiger partial charge in [-0.3, -0.25) is 14.0 Å². The van der Waals surface area contributed by atoms with E-state index in [-0.39, 0.29) is 35.9 Å². The quantitative estimate of drug-likeness (QED) is 0.208. The number of hydrogen-bond donors (Lipinski definition) is 5. The van der Waals surface area contributed by atoms with Crippen LogP contribution in [0.3, 0.4) is 0 Å². The van der Waals surface area contributed by atoms with Crippen molar-refractivity contribution in [3.63, 3.8) is 0 Å². The van der Waals surface area contributed by atoms with E-state index in [4.69, 9.17) is 16.2 Å². The number of aryl methyl sites for hydroxylation is 2. The van der Waals surface area contributed by atoms with Crippen LogP contribution in [0.4, 0.5) is 11.8 Å². The molecule has 1 aliphatic rings. The summed E-state index contributed by atoms with van der Waals surface area (Å²) in [7, 11) is 1.79. The molecule has 0 amide bonds. The molecule has 0 bridgehead atoms. The van der Waals surface area contributed by atoms with Crippen molar-refractivity contribution < 1.29 is 19.7 Å². The average molecular weight is 444 g/mol. The molecule has 170 valence electrons. The van der Waals surface area contributed by atoms with Gasteiger partial charge in [0.25, 0.3) is 0 Å². The van der Waals surface area contributed by atoms with Crippen LogP contribution in [0.15, 0.2) is 17.5 Å². The molecule has 0 radical (unpaired) electrons. The van der Waals surface area contributed by atoms with E-state index in [2.05, 4.69) is 30.6 Å². The second kappa shape index (κ2) is 8.58. The fraction of sp³-hybridized carbons (Fsp3) is 0.444. The SMILES string of the molecule is Cc1cc(/C=N/Nc2nc(N)c3ncn([C@@H]4O[C@H](C(=O)CCN)[C@@H](O)[C@H]4O)c3n2)n(C)n1. The molecular weight excluding hydrogens is 420 g/mol. The number of imidazole rings is 1. The van der Waals surface area contributed by atoms with Crippen LogP contribution < -0.4 is 16.9 Å². The molecule has 0 saturated carbocycles. The Morgan fingerprint density at radius 1 is 1.38 bits per heavy atom. The van der Waals surface area contributed by atoms with Crippen molar-refractivity contribution in [1.29, 1.82) is 0 Å². The molecule has 4 atom stereocenters. The molecule has 0 unspecified atom stereocenters. The van der Waals surface area contributed by atoms with Crippen molar-refractivity contribution >= 4 is 34.9 Å². The zero-order chi connectivity index (χ0) is 23.0. The van der Waals surface area contributed by atoms with E-state index in [0.717, 1.165) is 11.4 Å². The van der Waals surface area contributed by atoms with Crippen molar-refractivity contribution in [3.8, 4) is 0 Å². The van der Waals surface area contributed by atoms with Crippen LogP contribution in [0, 0.1) is 6.92 Å². The van der Waals surface area contributed by atoms with E-state index < -0.39 is 30.3 Å². The predicted molar refractivity (Wildman–Crippen MR) is 113 cm³/mol. The number of nitrogens with one attached hydrogen (secondary N) is 1. The summed E-state index contributed by atoms with van der Waals surface area (Å²) in [6, 6.07) is 1.85. The second-order valence-corrected chi connectivity index (χ2v) is 7.39. The third kappa shape index (κ3) is 3.91. The van der Waals surface area contributed by atoms with E-state index in [1.54, 1.807) is 17.9 Å². The number of hydrogen-bond acceptors (Lipinski definition) is 12. The third-order valence-corrected chi connectivity index (χ3v) is 5.07. The molecule has 14 nitrogen and oxygen atoms in total. The Bertz CT molecular complexity index is 1170. The van der Waals surface area contributed by atoms with Gasteiger partial charge in [0.2, 0.25) is 5.95 Å². The number of Topliss-reactive ketones (excluding diaryl/α,β-unsaturated/α-hetero) is 1. The fourth-order valence-corrected chi connectivity index (χ4v) is 3.52. The summed E-state index contributed by atoms with van der Waals surface area (Å²) in [5, 5.41) is 29.1. The van der Waals surface area contributed by atoms with Crippen LogP contribution in [0.1, 0.15) is 24.0 Å². The number of nitrogen functional groups attached to an aromatic ring is 1. The zero-order valence-electron chi connectivity index (χ0n) is 17.5. The Hall–Kier alpha value is -3.46. The van der Waals surface area contributed by atoms with Gasteiger partial charge >= 0.3 is 0 Å². The van der Waals surface area contributed by atoms with Crippen LogP contribution >= 0.6 is 0 Å². The van der Waals surface area contributed by atoms with Gasteiger partial charge in [-0.25, -0.2) is 10.4 Å². The Morgan fingerprint density at radius 2 is 2.16 bits per heavy atom. The Morgan fingerprint density at radius 3 is 2.84 bits per heavy atom. The zero-order valence-corrected chi connectivity index (χ0v) is 17.5. The largest absolute Gasteiger partial charge is 0.387 e. The molecular formula is C18H24N10O4. The number of fused-ring (bicyclic) bond motifs is 1. The van der Waals surface area contributed by atoms with Gasteiger partial charge in [-0.2, -0.15) is 20.2 Å². The number of nitrogens with zero attached hydrogens (tertiary/aromatic N) is 7. The van der Waals surface area contributed by atoms with Gasteiger partial charge < -0.3 is 26.4 Å². The lowest BCUT2D eigenvalue weighted by atomic mass is 10.0. The molecule has 3 aromatic rings. The Kier molecular flexibility index (Phi) is 5.84. The number of ketones is 1. The normalized spacial score (nSPS) is 23.4. The minimum absolute atomic E-state index is 0.0171. The van der Waals surface area contributed by atoms with Gasteiger partial charge in [-0.15, -0.1) is 0 Å². The molecule has 0 aromatic carbocycles. The molecule has 14 heteroatoms. The number of nitrogens with two attached hydrogens (primary N) is 2. The van der Waals surface area contributed by atoms with Crippen molar-refractivity contribution in [1.82, 2.24) is 29.3 Å². The van der Waals surface area contributed by atoms with Gasteiger partial charge in [0.05, 0.1) is 23.9 Å². The van der Waals surface area contributed by atoms with Crippen LogP contribution in [0.2, 0.25) is 0 Å². The summed E-state index contributed by atoms with van der Waals surface area (Å²) in [5.74, 6) is -0.246. The highest BCUT2D eigenvalue weighted by Crippen LogP contribution is 2.33. The lowest BCUT2D eigenvalue weighted by Gasteiger charge is -2.16. The number of hydrazone groups is 1. The number of aromatic nitrogens is 6. The maximum Gasteiger partial charge on any atom is 0.247 e. The van der Waals surface area contributed by atoms with Crippen LogP contribution in [-0.4, -0.2) is 76.4 Å². The van der Waals surface area contributed by atoms with E-state index in [0.29, 0.717) is 0 Å². The maximum atomic E-state index is 12.2. The number of aliphatic hydroxyl groups is 2. The summed E-state index contributed by atoms with van der Waals surface area (Å²) in [4.78, 5) is 24.8. The van der Waals surface area contributed by atoms with Crippen molar-refractivity contribution in [2.75, 3.05) is 17.7 Å². The van der Waals surface area contributed by atoms with Gasteiger partial charge in [-0.1, -0.05) is 0 Å². The van der Waals surface area contributed by atoms with E-state index in [1.165, 1.54) is 10.9 Å². The minimum atomic E-state index is -1.42. The molecule has 0 spiro atoms. The number of aliphatic hydroxyl groups excluding tert-OH is 2. The molecule has 1 aliphatic heterocycles. The predicted octanol–water partition coefficient (Wildman–Crippen LogP) is -1.57. The first-order valence-corrected chi connectivity index (χ1v) is 9.84. The molecule has 7 N–H and O–H groups in total. The summed E-state index contributed by atoms with van der Waals surface area (Å²) < 4.78 is 8.70. The van der Waals surface area contributed by atoms with Gasteiger partial charge in [0.1, 0.15) is 23.8 Å². The average Bonchev–Trinajstić information content (AvgIpc) is 3.39. The van der Waals surface area contributed by atoms with E-state index in [1.807, 2.05) is 13.0 Å². The molecule has 3 aromatic heterocycles. The third-order valence-electron chi connectivity index (χ3n) is 5.07. The number of anilines is 2. The highest BCUT2D eigenvalue weighted by atomic mass is 16.6. The topological polar surface area (TPSA) is 205 Å². The molecule has 32 heavy (non-hydrogen) atoms. The highest BCUT2D eigenvalue weighted by molar-refractivity contribution is 5.85. The van der Waals surface area contributed by atoms with Crippen LogP contribution in [-0.2, 0) is 16.6 Å². The summed E-state index contributed by atoms with van der Waals surface area (Å²) in [6.07, 6.45) is -2.21. The number of rotatable bonds is 7. The van der Waals surface area contributed by atoms with Gasteiger partial charge in [0.15, 0.2) is 23.5 Å². The molecule has 4 heterocycles. The van der Waals surface area contributed by atoms with Crippen molar-refractivity contribution in [3.05, 3.63) is 23.8 Å². The highest BCUT2D eigenvalue weighted by Gasteiger charge is 2.47. The standard InChI is InChI=1S/C18H24N10O4/c1-8-5-9(27(2)26-8)6-22-25-18-23-15(20)11-16(24-18)28(7-21-11)17-13(31)12(30)14(32-17)10(29)3-4-19/h5-7,12-14,17,30-31H,3-4,19H2,1-2H3,(H3,20,23,24,25)/b22-6+/t12-,13+,14+,17+/m0/s1. The maximum absolute atomic E-state index is 12.2. The lowest BCUT2D eigenvalue weighted by Crippen LogP contribution is -2.36. The Balaban J connectivity index is 1.60. The first-order valence-electron chi connectivity index (χ1n) is 9.84. The van der Waals surface area contributed by atoms with Crippen LogP contribution in [0.5, 0.6) is 0 Å². The second-order valence-electron chi connectivity index (χ2n) is 7.39. The molecule has 0 aliphatic carbocycles. The monoisotopic (exact) mass is 444 g/mol. The van der Waals surface area contributed by atoms with Crippen molar-refractivity contribution in [2.24, 2.45) is 17.9 Å². The Labute approximate surface area is 181 Å². The number of carbonyl (C=O) groups excluding carboxylic acids is 1. The summed E-state index contributed by atoms with van der Waals surface area (Å²) >= 11 is 0. The van der Waals surface area contributed by atoms with Crippen molar-refractivity contribution in [2.45, 2.75) is 37.9 Å². The molecule has 1 saturated heterocycles. The number of ether oxygens (including phenoxy) is 1. The number of carbonyl (C=O) groups is 1. The fourth-order valence-electron chi connectivity index (χ4n) is 3.52. The van der Waals surface area contributed by atoms with E-state index >= 15 is 0 Å². The first-order chi connectivity index (χ1) is 15.3. The molecule has 1 fully saturated rings. The smallest absolute Gasteiger partial charge is 0.247 e. The van der Waals surface area contributed by atoms with Gasteiger partial charge in [-0.05, 0) is 19.5 Å². The van der Waals surface area contributed by atoms with Gasteiger partial charge in [0, 0.05) is 13.5 Å². The first kappa shape index (κ1) is 21.8. The van der Waals surface area contributed by atoms with Crippen LogP contribution in [0.25, 0.3) is 11.2 Å². The summed E-state index contributed by atoms with van der Waals surface area (Å²) in [6.45, 7) is 1.98. The minimum Gasteiger partial charge on any atom is -0.387 e. The summed E-state index contributed by atoms with van der Waals surface area (Å²) in [5.41, 5.74) is 16.2.